The SMILES string of the molecule is CN1CCC(Nc2cccc(S(=O)(=O)N(C)C)c2N)CC1. The van der Waals surface area contributed by atoms with Crippen LogP contribution in [0, 0.1) is 0 Å². The summed E-state index contributed by atoms with van der Waals surface area (Å²) in [6.45, 7) is 2.07. The fourth-order valence-corrected chi connectivity index (χ4v) is 3.50. The van der Waals surface area contributed by atoms with Gasteiger partial charge in [-0.1, -0.05) is 6.07 Å². The third kappa shape index (κ3) is 3.48. The molecule has 6 nitrogen and oxygen atoms in total. The number of hydrogen-bond acceptors (Lipinski definition) is 5. The van der Waals surface area contributed by atoms with Crippen LogP contribution in [-0.4, -0.2) is 57.9 Å². The monoisotopic (exact) mass is 312 g/mol. The van der Waals surface area contributed by atoms with Crippen LogP contribution in [0.25, 0.3) is 0 Å². The minimum atomic E-state index is -3.52. The predicted octanol–water partition coefficient (Wildman–Crippen LogP) is 1.03. The molecule has 118 valence electrons. The number of piperidine rings is 1. The quantitative estimate of drug-likeness (QED) is 0.812. The fraction of sp³-hybridized carbons (Fsp3) is 0.571. The second-order valence-corrected chi connectivity index (χ2v) is 7.85. The molecule has 3 N–H and O–H groups in total. The highest BCUT2D eigenvalue weighted by Crippen LogP contribution is 2.29. The molecule has 0 unspecified atom stereocenters. The first-order valence-electron chi connectivity index (χ1n) is 7.08. The Morgan fingerprint density at radius 3 is 2.48 bits per heavy atom. The highest BCUT2D eigenvalue weighted by Gasteiger charge is 2.23. The smallest absolute Gasteiger partial charge is 0.244 e. The molecular weight excluding hydrogens is 288 g/mol. The first-order chi connectivity index (χ1) is 9.82. The van der Waals surface area contributed by atoms with E-state index in [0.29, 0.717) is 17.4 Å². The number of likely N-dealkylation sites (tertiary alicyclic amines) is 1. The molecule has 7 heteroatoms. The van der Waals surface area contributed by atoms with Gasteiger partial charge in [0, 0.05) is 20.1 Å². The number of rotatable bonds is 4. The van der Waals surface area contributed by atoms with E-state index in [4.69, 9.17) is 5.73 Å². The standard InChI is InChI=1S/C14H24N4O2S/c1-17(2)21(19,20)13-6-4-5-12(14(13)15)16-11-7-9-18(3)10-8-11/h4-6,11,16H,7-10,15H2,1-3H3. The molecule has 1 aromatic rings. The van der Waals surface area contributed by atoms with Gasteiger partial charge in [0.05, 0.1) is 11.4 Å². The first-order valence-corrected chi connectivity index (χ1v) is 8.52. The van der Waals surface area contributed by atoms with Crippen LogP contribution in [0.2, 0.25) is 0 Å². The van der Waals surface area contributed by atoms with E-state index in [2.05, 4.69) is 17.3 Å². The molecule has 0 aromatic heterocycles. The fourth-order valence-electron chi connectivity index (χ4n) is 2.46. The lowest BCUT2D eigenvalue weighted by molar-refractivity contribution is 0.264. The Kier molecular flexibility index (Phi) is 4.75. The second-order valence-electron chi connectivity index (χ2n) is 5.73. The second kappa shape index (κ2) is 6.21. The first kappa shape index (κ1) is 16.1. The Balaban J connectivity index is 2.22. The summed E-state index contributed by atoms with van der Waals surface area (Å²) >= 11 is 0. The maximum Gasteiger partial charge on any atom is 0.244 e. The van der Waals surface area contributed by atoms with E-state index in [1.807, 2.05) is 6.07 Å². The molecule has 0 amide bonds. The summed E-state index contributed by atoms with van der Waals surface area (Å²) in [6.07, 6.45) is 2.06. The lowest BCUT2D eigenvalue weighted by Crippen LogP contribution is -2.36. The zero-order chi connectivity index (χ0) is 15.6. The van der Waals surface area contributed by atoms with Crippen molar-refractivity contribution in [2.45, 2.75) is 23.8 Å². The van der Waals surface area contributed by atoms with E-state index >= 15 is 0 Å². The van der Waals surface area contributed by atoms with Gasteiger partial charge in [-0.2, -0.15) is 0 Å². The predicted molar refractivity (Wildman–Crippen MR) is 85.9 cm³/mol. The van der Waals surface area contributed by atoms with Crippen molar-refractivity contribution in [3.8, 4) is 0 Å². The van der Waals surface area contributed by atoms with Crippen LogP contribution in [0.5, 0.6) is 0 Å². The van der Waals surface area contributed by atoms with Crippen molar-refractivity contribution in [3.63, 3.8) is 0 Å². The van der Waals surface area contributed by atoms with Crippen LogP contribution in [0.4, 0.5) is 11.4 Å². The molecular formula is C14H24N4O2S. The van der Waals surface area contributed by atoms with Gasteiger partial charge in [0.25, 0.3) is 0 Å². The maximum atomic E-state index is 12.3. The maximum absolute atomic E-state index is 12.3. The third-order valence-corrected chi connectivity index (χ3v) is 5.78. The molecule has 0 radical (unpaired) electrons. The summed E-state index contributed by atoms with van der Waals surface area (Å²) in [5, 5.41) is 3.39. The van der Waals surface area contributed by atoms with Crippen LogP contribution < -0.4 is 11.1 Å². The van der Waals surface area contributed by atoms with Crippen molar-refractivity contribution in [2.24, 2.45) is 0 Å². The van der Waals surface area contributed by atoms with Crippen LogP contribution >= 0.6 is 0 Å². The van der Waals surface area contributed by atoms with Gasteiger partial charge in [-0.3, -0.25) is 0 Å². The largest absolute Gasteiger partial charge is 0.396 e. The Morgan fingerprint density at radius 1 is 1.29 bits per heavy atom. The van der Waals surface area contributed by atoms with Gasteiger partial charge in [-0.05, 0) is 45.1 Å². The van der Waals surface area contributed by atoms with Crippen molar-refractivity contribution < 1.29 is 8.42 Å². The summed E-state index contributed by atoms with van der Waals surface area (Å²) in [4.78, 5) is 2.44. The van der Waals surface area contributed by atoms with E-state index in [1.165, 1.54) is 18.4 Å². The molecule has 2 rings (SSSR count). The lowest BCUT2D eigenvalue weighted by Gasteiger charge is -2.30. The molecule has 1 aromatic carbocycles. The van der Waals surface area contributed by atoms with Gasteiger partial charge < -0.3 is 16.0 Å². The number of nitrogen functional groups attached to an aromatic ring is 1. The third-order valence-electron chi connectivity index (χ3n) is 3.90. The highest BCUT2D eigenvalue weighted by atomic mass is 32.2. The molecule has 1 aliphatic rings. The number of benzene rings is 1. The van der Waals surface area contributed by atoms with Crippen molar-refractivity contribution >= 4 is 21.4 Å². The molecule has 1 fully saturated rings. The molecule has 1 aliphatic heterocycles. The van der Waals surface area contributed by atoms with Gasteiger partial charge in [-0.25, -0.2) is 12.7 Å². The molecule has 0 aliphatic carbocycles. The Labute approximate surface area is 127 Å². The van der Waals surface area contributed by atoms with Gasteiger partial charge in [0.2, 0.25) is 10.0 Å². The van der Waals surface area contributed by atoms with Crippen molar-refractivity contribution in [2.75, 3.05) is 45.3 Å². The van der Waals surface area contributed by atoms with Crippen LogP contribution in [0.3, 0.4) is 0 Å². The minimum absolute atomic E-state index is 0.158. The number of nitrogens with one attached hydrogen (secondary N) is 1. The summed E-state index contributed by atoms with van der Waals surface area (Å²) in [7, 11) is 1.60. The number of para-hydroxylation sites is 1. The van der Waals surface area contributed by atoms with Gasteiger partial charge in [0.1, 0.15) is 4.90 Å². The molecule has 0 bridgehead atoms. The number of nitrogens with two attached hydrogens (primary N) is 1. The topological polar surface area (TPSA) is 78.7 Å². The number of sulfonamides is 1. The zero-order valence-electron chi connectivity index (χ0n) is 12.8. The van der Waals surface area contributed by atoms with Crippen LogP contribution in [0.1, 0.15) is 12.8 Å². The van der Waals surface area contributed by atoms with E-state index in [0.717, 1.165) is 25.9 Å². The summed E-state index contributed by atoms with van der Waals surface area (Å²) in [5.74, 6) is 0. The van der Waals surface area contributed by atoms with Crippen molar-refractivity contribution in [1.82, 2.24) is 9.21 Å². The number of anilines is 2. The Morgan fingerprint density at radius 2 is 1.90 bits per heavy atom. The summed E-state index contributed by atoms with van der Waals surface area (Å²) < 4.78 is 25.7. The molecule has 0 saturated carbocycles. The lowest BCUT2D eigenvalue weighted by atomic mass is 10.1. The summed E-state index contributed by atoms with van der Waals surface area (Å²) in [5.41, 5.74) is 7.07. The van der Waals surface area contributed by atoms with Crippen molar-refractivity contribution in [3.05, 3.63) is 18.2 Å². The van der Waals surface area contributed by atoms with Crippen molar-refractivity contribution in [1.29, 1.82) is 0 Å². The molecule has 21 heavy (non-hydrogen) atoms. The van der Waals surface area contributed by atoms with Crippen LogP contribution in [0.15, 0.2) is 23.1 Å². The number of nitrogens with zero attached hydrogens (tertiary/aromatic N) is 2. The van der Waals surface area contributed by atoms with Gasteiger partial charge >= 0.3 is 0 Å². The Bertz CT molecular complexity index is 593. The zero-order valence-corrected chi connectivity index (χ0v) is 13.7. The van der Waals surface area contributed by atoms with E-state index in [9.17, 15) is 8.42 Å². The molecule has 1 saturated heterocycles. The van der Waals surface area contributed by atoms with E-state index in [1.54, 1.807) is 12.1 Å². The van der Waals surface area contributed by atoms with Gasteiger partial charge in [-0.15, -0.1) is 0 Å². The molecule has 1 heterocycles. The Hall–Kier alpha value is -1.31. The van der Waals surface area contributed by atoms with Gasteiger partial charge in [0.15, 0.2) is 0 Å². The van der Waals surface area contributed by atoms with Crippen LogP contribution in [-0.2, 0) is 10.0 Å². The molecule has 0 spiro atoms. The van der Waals surface area contributed by atoms with E-state index in [-0.39, 0.29) is 4.90 Å². The number of hydrogen-bond donors (Lipinski definition) is 2. The highest BCUT2D eigenvalue weighted by molar-refractivity contribution is 7.89. The normalized spacial score (nSPS) is 18.1. The van der Waals surface area contributed by atoms with E-state index < -0.39 is 10.0 Å². The average molecular weight is 312 g/mol. The summed E-state index contributed by atoms with van der Waals surface area (Å²) in [6, 6.07) is 5.44. The average Bonchev–Trinajstić information content (AvgIpc) is 2.43. The minimum Gasteiger partial charge on any atom is -0.396 e. The molecule has 0 atom stereocenters.